The van der Waals surface area contributed by atoms with Gasteiger partial charge in [-0.25, -0.2) is 4.98 Å². The van der Waals surface area contributed by atoms with E-state index in [0.717, 1.165) is 28.0 Å². The number of pyridine rings is 2. The lowest BCUT2D eigenvalue weighted by Gasteiger charge is -2.10. The van der Waals surface area contributed by atoms with Gasteiger partial charge in [0, 0.05) is 35.3 Å². The lowest BCUT2D eigenvalue weighted by Crippen LogP contribution is -2.24. The Morgan fingerprint density at radius 3 is 2.65 bits per heavy atom. The number of aromatic nitrogens is 2. The van der Waals surface area contributed by atoms with Gasteiger partial charge in [0.25, 0.3) is 5.56 Å². The van der Waals surface area contributed by atoms with Gasteiger partial charge in [-0.15, -0.1) is 0 Å². The van der Waals surface area contributed by atoms with E-state index in [-0.39, 0.29) is 5.56 Å². The molecule has 1 N–H and O–H groups in total. The summed E-state index contributed by atoms with van der Waals surface area (Å²) in [5.74, 6) is 0.727. The van der Waals surface area contributed by atoms with Crippen LogP contribution in [0.4, 0.5) is 5.82 Å². The molecule has 4 nitrogen and oxygen atoms in total. The zero-order valence-corrected chi connectivity index (χ0v) is 14.1. The molecule has 23 heavy (non-hydrogen) atoms. The summed E-state index contributed by atoms with van der Waals surface area (Å²) < 4.78 is 1.65. The summed E-state index contributed by atoms with van der Waals surface area (Å²) in [5, 5.41) is 4.97. The van der Waals surface area contributed by atoms with Gasteiger partial charge in [0.1, 0.15) is 5.82 Å². The first-order valence-corrected chi connectivity index (χ1v) is 7.80. The van der Waals surface area contributed by atoms with Crippen molar-refractivity contribution in [2.75, 3.05) is 5.32 Å². The highest BCUT2D eigenvalue weighted by molar-refractivity contribution is 6.32. The Bertz CT molecular complexity index is 947. The van der Waals surface area contributed by atoms with E-state index in [4.69, 9.17) is 11.6 Å². The average molecular weight is 328 g/mol. The van der Waals surface area contributed by atoms with E-state index < -0.39 is 0 Å². The molecular weight excluding hydrogens is 310 g/mol. The lowest BCUT2D eigenvalue weighted by molar-refractivity contribution is 0.799. The molecule has 0 aliphatic carbocycles. The third-order valence-electron chi connectivity index (χ3n) is 4.14. The van der Waals surface area contributed by atoms with Crippen molar-refractivity contribution in [2.24, 2.45) is 7.05 Å². The van der Waals surface area contributed by atoms with Crippen LogP contribution in [-0.4, -0.2) is 9.55 Å². The van der Waals surface area contributed by atoms with Gasteiger partial charge < -0.3 is 9.88 Å². The highest BCUT2D eigenvalue weighted by Gasteiger charge is 2.06. The van der Waals surface area contributed by atoms with E-state index in [0.29, 0.717) is 17.1 Å². The van der Waals surface area contributed by atoms with Crippen LogP contribution in [0.2, 0.25) is 5.02 Å². The van der Waals surface area contributed by atoms with Gasteiger partial charge in [-0.3, -0.25) is 4.79 Å². The van der Waals surface area contributed by atoms with Gasteiger partial charge in [-0.1, -0.05) is 23.7 Å². The molecule has 118 valence electrons. The van der Waals surface area contributed by atoms with Crippen molar-refractivity contribution in [3.05, 3.63) is 68.6 Å². The number of benzene rings is 1. The van der Waals surface area contributed by atoms with Crippen LogP contribution in [0.5, 0.6) is 0 Å². The van der Waals surface area contributed by atoms with Crippen LogP contribution < -0.4 is 10.9 Å². The minimum Gasteiger partial charge on any atom is -0.366 e. The molecule has 0 unspecified atom stereocenters. The smallest absolute Gasteiger partial charge is 0.255 e. The summed E-state index contributed by atoms with van der Waals surface area (Å²) in [4.78, 5) is 16.8. The molecule has 2 aromatic heterocycles. The Balaban J connectivity index is 1.89. The zero-order valence-electron chi connectivity index (χ0n) is 13.4. The van der Waals surface area contributed by atoms with Crippen molar-refractivity contribution in [2.45, 2.75) is 20.4 Å². The van der Waals surface area contributed by atoms with Crippen LogP contribution in [0.15, 0.2) is 41.2 Å². The number of nitrogens with zero attached hydrogens (tertiary/aromatic N) is 2. The Morgan fingerprint density at radius 1 is 1.13 bits per heavy atom. The molecule has 0 atom stereocenters. The van der Waals surface area contributed by atoms with Crippen molar-refractivity contribution in [3.63, 3.8) is 0 Å². The van der Waals surface area contributed by atoms with Gasteiger partial charge in [0.05, 0.1) is 5.52 Å². The van der Waals surface area contributed by atoms with Crippen molar-refractivity contribution in [1.29, 1.82) is 0 Å². The highest BCUT2D eigenvalue weighted by Crippen LogP contribution is 2.25. The summed E-state index contributed by atoms with van der Waals surface area (Å²) in [7, 11) is 1.78. The largest absolute Gasteiger partial charge is 0.366 e. The predicted octanol–water partition coefficient (Wildman–Crippen LogP) is 3.82. The number of hydrogen-bond acceptors (Lipinski definition) is 3. The van der Waals surface area contributed by atoms with E-state index in [2.05, 4.69) is 10.3 Å². The third kappa shape index (κ3) is 2.94. The Kier molecular flexibility index (Phi) is 4.09. The molecule has 0 bridgehead atoms. The molecule has 0 aliphatic rings. The summed E-state index contributed by atoms with van der Waals surface area (Å²) in [6.07, 6.45) is 0. The second-order valence-corrected chi connectivity index (χ2v) is 6.07. The topological polar surface area (TPSA) is 46.9 Å². The molecule has 5 heteroatoms. The molecule has 0 radical (unpaired) electrons. The van der Waals surface area contributed by atoms with Crippen LogP contribution in [0, 0.1) is 13.8 Å². The minimum absolute atomic E-state index is 0.0116. The summed E-state index contributed by atoms with van der Waals surface area (Å²) in [5.41, 5.74) is 3.49. The monoisotopic (exact) mass is 327 g/mol. The number of anilines is 1. The molecule has 2 heterocycles. The number of aryl methyl sites for hydroxylation is 2. The molecule has 1 aromatic carbocycles. The fourth-order valence-corrected chi connectivity index (χ4v) is 2.66. The number of nitrogens with one attached hydrogen (secondary N) is 1. The fourth-order valence-electron chi connectivity index (χ4n) is 2.50. The SMILES string of the molecule is Cc1c(Cl)ccc2ccc(NCc3ccc(C)n(C)c3=O)nc12. The Morgan fingerprint density at radius 2 is 1.87 bits per heavy atom. The molecule has 0 amide bonds. The first-order valence-electron chi connectivity index (χ1n) is 7.42. The van der Waals surface area contributed by atoms with Gasteiger partial charge in [0.15, 0.2) is 0 Å². The molecule has 0 saturated carbocycles. The normalized spacial score (nSPS) is 11.0. The highest BCUT2D eigenvalue weighted by atomic mass is 35.5. The van der Waals surface area contributed by atoms with E-state index >= 15 is 0 Å². The maximum absolute atomic E-state index is 12.2. The van der Waals surface area contributed by atoms with Gasteiger partial charge >= 0.3 is 0 Å². The molecular formula is C18H18ClN3O. The maximum atomic E-state index is 12.2. The summed E-state index contributed by atoms with van der Waals surface area (Å²) >= 11 is 6.16. The Hall–Kier alpha value is -2.33. The van der Waals surface area contributed by atoms with Gasteiger partial charge in [0.2, 0.25) is 0 Å². The van der Waals surface area contributed by atoms with E-state index in [1.54, 1.807) is 11.6 Å². The van der Waals surface area contributed by atoms with Crippen LogP contribution in [-0.2, 0) is 13.6 Å². The third-order valence-corrected chi connectivity index (χ3v) is 4.55. The molecule has 3 rings (SSSR count). The Labute approximate surface area is 139 Å². The maximum Gasteiger partial charge on any atom is 0.255 e. The summed E-state index contributed by atoms with van der Waals surface area (Å²) in [6.45, 7) is 4.30. The molecule has 0 saturated heterocycles. The second-order valence-electron chi connectivity index (χ2n) is 5.66. The number of rotatable bonds is 3. The lowest BCUT2D eigenvalue weighted by atomic mass is 10.1. The molecule has 0 spiro atoms. The first kappa shape index (κ1) is 15.6. The molecule has 0 aliphatic heterocycles. The van der Waals surface area contributed by atoms with Crippen molar-refractivity contribution < 1.29 is 0 Å². The summed E-state index contributed by atoms with van der Waals surface area (Å²) in [6, 6.07) is 11.5. The van der Waals surface area contributed by atoms with E-state index in [1.165, 1.54) is 0 Å². The number of hydrogen-bond donors (Lipinski definition) is 1. The minimum atomic E-state index is 0.0116. The van der Waals surface area contributed by atoms with Gasteiger partial charge in [-0.05, 0) is 43.7 Å². The first-order chi connectivity index (χ1) is 11.0. The number of fused-ring (bicyclic) bond motifs is 1. The second kappa shape index (κ2) is 6.05. The molecule has 3 aromatic rings. The quantitative estimate of drug-likeness (QED) is 0.795. The predicted molar refractivity (Wildman–Crippen MR) is 95.2 cm³/mol. The van der Waals surface area contributed by atoms with Crippen molar-refractivity contribution in [3.8, 4) is 0 Å². The fraction of sp³-hybridized carbons (Fsp3) is 0.222. The zero-order chi connectivity index (χ0) is 16.6. The van der Waals surface area contributed by atoms with E-state index in [1.807, 2.05) is 50.2 Å². The number of halogens is 1. The van der Waals surface area contributed by atoms with Crippen molar-refractivity contribution >= 4 is 28.3 Å². The average Bonchev–Trinajstić information content (AvgIpc) is 2.56. The van der Waals surface area contributed by atoms with Crippen LogP contribution in [0.1, 0.15) is 16.8 Å². The van der Waals surface area contributed by atoms with Crippen molar-refractivity contribution in [1.82, 2.24) is 9.55 Å². The van der Waals surface area contributed by atoms with Crippen LogP contribution >= 0.6 is 11.6 Å². The van der Waals surface area contributed by atoms with Gasteiger partial charge in [-0.2, -0.15) is 0 Å². The van der Waals surface area contributed by atoms with E-state index in [9.17, 15) is 4.79 Å². The molecule has 0 fully saturated rings. The van der Waals surface area contributed by atoms with Crippen LogP contribution in [0.25, 0.3) is 10.9 Å². The van der Waals surface area contributed by atoms with Crippen LogP contribution in [0.3, 0.4) is 0 Å². The standard InChI is InChI=1S/C18H18ClN3O/c1-11-4-5-14(18(23)22(11)3)10-20-16-9-7-13-6-8-15(19)12(2)17(13)21-16/h4-9H,10H2,1-3H3,(H,20,21).